The van der Waals surface area contributed by atoms with E-state index in [4.69, 9.17) is 5.11 Å². The summed E-state index contributed by atoms with van der Waals surface area (Å²) in [7, 11) is 0. The Morgan fingerprint density at radius 3 is 2.69 bits per heavy atom. The van der Waals surface area contributed by atoms with Gasteiger partial charge in [0.25, 0.3) is 5.91 Å². The molecule has 0 aromatic carbocycles. The smallest absolute Gasteiger partial charge is 0.325 e. The fourth-order valence-corrected chi connectivity index (χ4v) is 1.27. The molecule has 0 aromatic rings. The van der Waals surface area contributed by atoms with Gasteiger partial charge < -0.3 is 10.4 Å². The molecule has 1 aliphatic heterocycles. The van der Waals surface area contributed by atoms with Crippen molar-refractivity contribution in [3.05, 3.63) is 11.1 Å². The zero-order valence-corrected chi connectivity index (χ0v) is 8.37. The Bertz CT molecular complexity index is 266. The molecular formula is C7H9BrN2O3. The SMILES string of the molecule is C=C(Br)CN1C(=O)N[C@@H](CO)C1=O. The number of hydrogen-bond donors (Lipinski definition) is 2. The van der Waals surface area contributed by atoms with Gasteiger partial charge in [-0.15, -0.1) is 0 Å². The van der Waals surface area contributed by atoms with Crippen LogP contribution in [0, 0.1) is 0 Å². The molecule has 6 heteroatoms. The molecule has 0 bridgehead atoms. The number of aliphatic hydroxyl groups excluding tert-OH is 1. The monoisotopic (exact) mass is 248 g/mol. The molecule has 0 aromatic heterocycles. The lowest BCUT2D eigenvalue weighted by Gasteiger charge is -2.10. The number of urea groups is 1. The minimum Gasteiger partial charge on any atom is -0.394 e. The number of nitrogens with zero attached hydrogens (tertiary/aromatic N) is 1. The van der Waals surface area contributed by atoms with Crippen LogP contribution >= 0.6 is 15.9 Å². The molecule has 0 saturated carbocycles. The molecular weight excluding hydrogens is 240 g/mol. The zero-order valence-electron chi connectivity index (χ0n) is 6.79. The van der Waals surface area contributed by atoms with Gasteiger partial charge in [-0.25, -0.2) is 4.79 Å². The fraction of sp³-hybridized carbons (Fsp3) is 0.429. The Balaban J connectivity index is 2.70. The summed E-state index contributed by atoms with van der Waals surface area (Å²) in [5.74, 6) is -0.423. The predicted molar refractivity (Wildman–Crippen MR) is 49.2 cm³/mol. The number of carbonyl (C=O) groups excluding carboxylic acids is 2. The van der Waals surface area contributed by atoms with Gasteiger partial charge in [0.05, 0.1) is 13.2 Å². The topological polar surface area (TPSA) is 69.6 Å². The molecule has 0 spiro atoms. The van der Waals surface area contributed by atoms with Gasteiger partial charge in [0.15, 0.2) is 0 Å². The molecule has 13 heavy (non-hydrogen) atoms. The van der Waals surface area contributed by atoms with E-state index in [1.165, 1.54) is 0 Å². The number of carbonyl (C=O) groups is 2. The maximum Gasteiger partial charge on any atom is 0.325 e. The van der Waals surface area contributed by atoms with Gasteiger partial charge >= 0.3 is 6.03 Å². The third kappa shape index (κ3) is 2.07. The molecule has 1 aliphatic rings. The summed E-state index contributed by atoms with van der Waals surface area (Å²) in [6, 6.07) is -1.30. The Kier molecular flexibility index (Phi) is 3.05. The number of imide groups is 1. The lowest BCUT2D eigenvalue weighted by atomic mass is 10.3. The first-order valence-corrected chi connectivity index (χ1v) is 4.41. The third-order valence-corrected chi connectivity index (χ3v) is 1.87. The molecule has 1 saturated heterocycles. The van der Waals surface area contributed by atoms with Crippen molar-refractivity contribution in [1.29, 1.82) is 0 Å². The van der Waals surface area contributed by atoms with Crippen LogP contribution in [0.1, 0.15) is 0 Å². The van der Waals surface area contributed by atoms with E-state index < -0.39 is 18.0 Å². The number of hydrogen-bond acceptors (Lipinski definition) is 3. The van der Waals surface area contributed by atoms with Crippen LogP contribution < -0.4 is 5.32 Å². The summed E-state index contributed by atoms with van der Waals surface area (Å²) < 4.78 is 0.537. The van der Waals surface area contributed by atoms with Crippen LogP contribution in [-0.4, -0.2) is 41.1 Å². The molecule has 0 unspecified atom stereocenters. The molecule has 2 N–H and O–H groups in total. The van der Waals surface area contributed by atoms with Gasteiger partial charge in [-0.05, 0) is 0 Å². The van der Waals surface area contributed by atoms with Crippen molar-refractivity contribution in [2.45, 2.75) is 6.04 Å². The molecule has 1 heterocycles. The summed E-state index contributed by atoms with van der Waals surface area (Å²) in [6.07, 6.45) is 0. The van der Waals surface area contributed by atoms with Crippen molar-refractivity contribution in [3.8, 4) is 0 Å². The Labute approximate surface area is 83.5 Å². The Hall–Kier alpha value is -0.880. The highest BCUT2D eigenvalue weighted by Crippen LogP contribution is 2.11. The fourth-order valence-electron chi connectivity index (χ4n) is 1.02. The molecule has 1 rings (SSSR count). The molecule has 5 nitrogen and oxygen atoms in total. The van der Waals surface area contributed by atoms with Crippen LogP contribution in [0.5, 0.6) is 0 Å². The van der Waals surface area contributed by atoms with Gasteiger partial charge in [-0.1, -0.05) is 22.5 Å². The van der Waals surface area contributed by atoms with Crippen molar-refractivity contribution in [3.63, 3.8) is 0 Å². The number of amides is 3. The van der Waals surface area contributed by atoms with Crippen molar-refractivity contribution >= 4 is 27.9 Å². The summed E-state index contributed by atoms with van der Waals surface area (Å²) >= 11 is 3.05. The van der Waals surface area contributed by atoms with Crippen LogP contribution in [-0.2, 0) is 4.79 Å². The number of nitrogens with one attached hydrogen (secondary N) is 1. The predicted octanol–water partition coefficient (Wildman–Crippen LogP) is -0.192. The first kappa shape index (κ1) is 10.2. The first-order chi connectivity index (χ1) is 6.06. The number of rotatable bonds is 3. The highest BCUT2D eigenvalue weighted by molar-refractivity contribution is 9.11. The standard InChI is InChI=1S/C7H9BrN2O3/c1-4(8)2-10-6(12)5(3-11)9-7(10)13/h5,11H,1-3H2,(H,9,13)/t5-/m0/s1. The molecule has 0 aliphatic carbocycles. The average molecular weight is 249 g/mol. The molecule has 1 fully saturated rings. The summed E-state index contributed by atoms with van der Waals surface area (Å²) in [5, 5.41) is 11.0. The maximum absolute atomic E-state index is 11.3. The van der Waals surface area contributed by atoms with E-state index in [9.17, 15) is 9.59 Å². The minimum atomic E-state index is -0.806. The van der Waals surface area contributed by atoms with Crippen LogP contribution in [0.2, 0.25) is 0 Å². The number of halogens is 1. The summed E-state index contributed by atoms with van der Waals surface area (Å²) in [5.41, 5.74) is 0. The van der Waals surface area contributed by atoms with Crippen LogP contribution in [0.4, 0.5) is 4.79 Å². The number of aliphatic hydroxyl groups is 1. The van der Waals surface area contributed by atoms with Crippen molar-refractivity contribution in [2.24, 2.45) is 0 Å². The second kappa shape index (κ2) is 3.89. The third-order valence-electron chi connectivity index (χ3n) is 1.62. The van der Waals surface area contributed by atoms with E-state index in [1.54, 1.807) is 0 Å². The Morgan fingerprint density at radius 1 is 1.69 bits per heavy atom. The van der Waals surface area contributed by atoms with Gasteiger partial charge in [0.2, 0.25) is 0 Å². The van der Waals surface area contributed by atoms with E-state index in [2.05, 4.69) is 27.8 Å². The van der Waals surface area contributed by atoms with E-state index in [1.807, 2.05) is 0 Å². The molecule has 0 radical (unpaired) electrons. The van der Waals surface area contributed by atoms with Gasteiger partial charge in [-0.3, -0.25) is 9.69 Å². The lowest BCUT2D eigenvalue weighted by Crippen LogP contribution is -2.33. The first-order valence-electron chi connectivity index (χ1n) is 3.62. The van der Waals surface area contributed by atoms with Gasteiger partial charge in [0, 0.05) is 4.48 Å². The second-order valence-corrected chi connectivity index (χ2v) is 3.75. The highest BCUT2D eigenvalue weighted by Gasteiger charge is 2.37. The normalized spacial score (nSPS) is 22.0. The van der Waals surface area contributed by atoms with Crippen LogP contribution in [0.15, 0.2) is 11.1 Å². The maximum atomic E-state index is 11.3. The van der Waals surface area contributed by atoms with Crippen LogP contribution in [0.25, 0.3) is 0 Å². The van der Waals surface area contributed by atoms with E-state index >= 15 is 0 Å². The highest BCUT2D eigenvalue weighted by atomic mass is 79.9. The summed E-state index contributed by atoms with van der Waals surface area (Å²) in [6.45, 7) is 3.27. The largest absolute Gasteiger partial charge is 0.394 e. The van der Waals surface area contributed by atoms with Crippen LogP contribution in [0.3, 0.4) is 0 Å². The quantitative estimate of drug-likeness (QED) is 0.681. The summed E-state index contributed by atoms with van der Waals surface area (Å²) in [4.78, 5) is 23.4. The molecule has 72 valence electrons. The average Bonchev–Trinajstić information content (AvgIpc) is 2.31. The minimum absolute atomic E-state index is 0.126. The molecule has 1 atom stereocenters. The lowest BCUT2D eigenvalue weighted by molar-refractivity contribution is -0.127. The van der Waals surface area contributed by atoms with Crippen molar-refractivity contribution in [2.75, 3.05) is 13.2 Å². The zero-order chi connectivity index (χ0) is 10.0. The van der Waals surface area contributed by atoms with E-state index in [0.29, 0.717) is 4.48 Å². The molecule has 3 amide bonds. The second-order valence-electron chi connectivity index (χ2n) is 2.63. The van der Waals surface area contributed by atoms with Gasteiger partial charge in [-0.2, -0.15) is 0 Å². The Morgan fingerprint density at radius 2 is 2.31 bits per heavy atom. The van der Waals surface area contributed by atoms with Crippen molar-refractivity contribution < 1.29 is 14.7 Å². The van der Waals surface area contributed by atoms with E-state index in [-0.39, 0.29) is 13.2 Å². The van der Waals surface area contributed by atoms with Gasteiger partial charge in [0.1, 0.15) is 6.04 Å². The van der Waals surface area contributed by atoms with E-state index in [0.717, 1.165) is 4.90 Å². The van der Waals surface area contributed by atoms with Crippen molar-refractivity contribution in [1.82, 2.24) is 10.2 Å².